The first kappa shape index (κ1) is 12.5. The van der Waals surface area contributed by atoms with Crippen LogP contribution in [0.5, 0.6) is 0 Å². The standard InChI is InChI=1S/C13H14Cl2N2/c1-4-16-12-7(2)8(3)17-13-9(12)5-6-10(14)11(13)15/h5-6H,4H2,1-3H3,(H,16,17). The van der Waals surface area contributed by atoms with E-state index in [1.54, 1.807) is 0 Å². The van der Waals surface area contributed by atoms with Crippen LogP contribution in [0.1, 0.15) is 18.2 Å². The van der Waals surface area contributed by atoms with Crippen molar-refractivity contribution in [3.8, 4) is 0 Å². The molecule has 0 saturated heterocycles. The predicted molar refractivity (Wildman–Crippen MR) is 75.4 cm³/mol. The maximum Gasteiger partial charge on any atom is 0.0927 e. The zero-order chi connectivity index (χ0) is 12.6. The van der Waals surface area contributed by atoms with Crippen LogP contribution in [0.25, 0.3) is 10.9 Å². The number of hydrogen-bond acceptors (Lipinski definition) is 2. The molecular weight excluding hydrogens is 255 g/mol. The van der Waals surface area contributed by atoms with Gasteiger partial charge in [-0.05, 0) is 38.5 Å². The van der Waals surface area contributed by atoms with Crippen LogP contribution in [0.4, 0.5) is 5.69 Å². The van der Waals surface area contributed by atoms with E-state index < -0.39 is 0 Å². The molecule has 0 aliphatic carbocycles. The van der Waals surface area contributed by atoms with Gasteiger partial charge in [0.15, 0.2) is 0 Å². The molecule has 0 saturated carbocycles. The second-order valence-electron chi connectivity index (χ2n) is 3.99. The number of fused-ring (bicyclic) bond motifs is 1. The van der Waals surface area contributed by atoms with Gasteiger partial charge in [-0.3, -0.25) is 4.98 Å². The maximum absolute atomic E-state index is 6.20. The summed E-state index contributed by atoms with van der Waals surface area (Å²) in [5.74, 6) is 0. The molecule has 0 bridgehead atoms. The van der Waals surface area contributed by atoms with Crippen molar-refractivity contribution in [3.05, 3.63) is 33.4 Å². The SMILES string of the molecule is CCNc1c(C)c(C)nc2c(Cl)c(Cl)ccc12. The van der Waals surface area contributed by atoms with Crippen LogP contribution in [-0.2, 0) is 0 Å². The fourth-order valence-electron chi connectivity index (χ4n) is 1.89. The van der Waals surface area contributed by atoms with Gasteiger partial charge in [-0.15, -0.1) is 0 Å². The molecule has 1 N–H and O–H groups in total. The van der Waals surface area contributed by atoms with Crippen molar-refractivity contribution in [2.24, 2.45) is 0 Å². The Morgan fingerprint density at radius 2 is 1.94 bits per heavy atom. The molecule has 4 heteroatoms. The molecule has 2 rings (SSSR count). The van der Waals surface area contributed by atoms with Crippen LogP contribution >= 0.6 is 23.2 Å². The number of pyridine rings is 1. The van der Waals surface area contributed by atoms with Gasteiger partial charge in [0, 0.05) is 23.3 Å². The minimum Gasteiger partial charge on any atom is -0.385 e. The number of nitrogens with zero attached hydrogens (tertiary/aromatic N) is 1. The molecule has 0 spiro atoms. The monoisotopic (exact) mass is 268 g/mol. The van der Waals surface area contributed by atoms with Crippen molar-refractivity contribution in [1.29, 1.82) is 0 Å². The van der Waals surface area contributed by atoms with Crippen molar-refractivity contribution in [2.45, 2.75) is 20.8 Å². The Hall–Kier alpha value is -0.990. The Morgan fingerprint density at radius 1 is 1.24 bits per heavy atom. The van der Waals surface area contributed by atoms with Gasteiger partial charge in [0.1, 0.15) is 0 Å². The molecule has 0 unspecified atom stereocenters. The van der Waals surface area contributed by atoms with Gasteiger partial charge in [0.05, 0.1) is 15.6 Å². The lowest BCUT2D eigenvalue weighted by molar-refractivity contribution is 1.16. The number of anilines is 1. The largest absolute Gasteiger partial charge is 0.385 e. The molecule has 1 heterocycles. The topological polar surface area (TPSA) is 24.9 Å². The summed E-state index contributed by atoms with van der Waals surface area (Å²) in [6.45, 7) is 6.97. The number of nitrogens with one attached hydrogen (secondary N) is 1. The molecule has 1 aromatic heterocycles. The maximum atomic E-state index is 6.20. The normalized spacial score (nSPS) is 10.9. The van der Waals surface area contributed by atoms with E-state index in [1.165, 1.54) is 0 Å². The van der Waals surface area contributed by atoms with E-state index in [9.17, 15) is 0 Å². The van der Waals surface area contributed by atoms with E-state index in [0.29, 0.717) is 10.0 Å². The van der Waals surface area contributed by atoms with E-state index >= 15 is 0 Å². The molecular formula is C13H14Cl2N2. The number of aryl methyl sites for hydroxylation is 1. The molecule has 90 valence electrons. The number of halogens is 2. The Morgan fingerprint density at radius 3 is 2.59 bits per heavy atom. The summed E-state index contributed by atoms with van der Waals surface area (Å²) in [6, 6.07) is 3.77. The van der Waals surface area contributed by atoms with Crippen molar-refractivity contribution in [1.82, 2.24) is 4.98 Å². The summed E-state index contributed by atoms with van der Waals surface area (Å²) in [6.07, 6.45) is 0. The highest BCUT2D eigenvalue weighted by molar-refractivity contribution is 6.45. The second kappa shape index (κ2) is 4.71. The minimum atomic E-state index is 0.520. The lowest BCUT2D eigenvalue weighted by atomic mass is 10.1. The Labute approximate surface area is 111 Å². The van der Waals surface area contributed by atoms with Crippen molar-refractivity contribution >= 4 is 39.8 Å². The second-order valence-corrected chi connectivity index (χ2v) is 4.77. The smallest absolute Gasteiger partial charge is 0.0927 e. The summed E-state index contributed by atoms with van der Waals surface area (Å²) < 4.78 is 0. The zero-order valence-electron chi connectivity index (χ0n) is 10.1. The molecule has 0 aliphatic rings. The molecule has 1 aromatic carbocycles. The van der Waals surface area contributed by atoms with E-state index in [1.807, 2.05) is 19.1 Å². The Balaban J connectivity index is 2.86. The Kier molecular flexibility index (Phi) is 3.45. The lowest BCUT2D eigenvalue weighted by Gasteiger charge is -2.14. The first-order valence-electron chi connectivity index (χ1n) is 5.55. The van der Waals surface area contributed by atoms with Crippen LogP contribution in [-0.4, -0.2) is 11.5 Å². The molecule has 0 radical (unpaired) electrons. The summed E-state index contributed by atoms with van der Waals surface area (Å²) in [5, 5.41) is 5.44. The third kappa shape index (κ3) is 2.07. The summed E-state index contributed by atoms with van der Waals surface area (Å²) >= 11 is 12.2. The molecule has 2 nitrogen and oxygen atoms in total. The van der Waals surface area contributed by atoms with Gasteiger partial charge in [-0.2, -0.15) is 0 Å². The van der Waals surface area contributed by atoms with E-state index in [4.69, 9.17) is 23.2 Å². The predicted octanol–water partition coefficient (Wildman–Crippen LogP) is 4.59. The molecule has 0 amide bonds. The van der Waals surface area contributed by atoms with Crippen LogP contribution in [0.15, 0.2) is 12.1 Å². The van der Waals surface area contributed by atoms with Crippen LogP contribution in [0, 0.1) is 13.8 Å². The van der Waals surface area contributed by atoms with Gasteiger partial charge in [-0.1, -0.05) is 23.2 Å². The summed E-state index contributed by atoms with van der Waals surface area (Å²) in [7, 11) is 0. The van der Waals surface area contributed by atoms with Crippen molar-refractivity contribution < 1.29 is 0 Å². The Bertz CT molecular complexity index is 579. The van der Waals surface area contributed by atoms with Gasteiger partial charge in [-0.25, -0.2) is 0 Å². The summed E-state index contributed by atoms with van der Waals surface area (Å²) in [5.41, 5.74) is 3.97. The van der Waals surface area contributed by atoms with Gasteiger partial charge < -0.3 is 5.32 Å². The number of hydrogen-bond donors (Lipinski definition) is 1. The highest BCUT2D eigenvalue weighted by Gasteiger charge is 2.12. The van der Waals surface area contributed by atoms with Crippen LogP contribution in [0.2, 0.25) is 10.0 Å². The van der Waals surface area contributed by atoms with Crippen LogP contribution in [0.3, 0.4) is 0 Å². The quantitative estimate of drug-likeness (QED) is 0.862. The van der Waals surface area contributed by atoms with Crippen LogP contribution < -0.4 is 5.32 Å². The molecule has 0 fully saturated rings. The first-order chi connectivity index (χ1) is 8.06. The van der Waals surface area contributed by atoms with Gasteiger partial charge in [0.2, 0.25) is 0 Å². The average molecular weight is 269 g/mol. The number of aromatic nitrogens is 1. The molecule has 2 aromatic rings. The lowest BCUT2D eigenvalue weighted by Crippen LogP contribution is -2.03. The van der Waals surface area contributed by atoms with E-state index in [2.05, 4.69) is 24.1 Å². The van der Waals surface area contributed by atoms with Gasteiger partial charge in [0.25, 0.3) is 0 Å². The van der Waals surface area contributed by atoms with Gasteiger partial charge >= 0.3 is 0 Å². The molecule has 0 atom stereocenters. The molecule has 17 heavy (non-hydrogen) atoms. The average Bonchev–Trinajstić information content (AvgIpc) is 2.31. The fraction of sp³-hybridized carbons (Fsp3) is 0.308. The summed E-state index contributed by atoms with van der Waals surface area (Å²) in [4.78, 5) is 4.52. The number of benzene rings is 1. The third-order valence-corrected chi connectivity index (χ3v) is 3.68. The van der Waals surface area contributed by atoms with E-state index in [0.717, 1.165) is 34.4 Å². The van der Waals surface area contributed by atoms with E-state index in [-0.39, 0.29) is 0 Å². The fourth-order valence-corrected chi connectivity index (χ4v) is 2.25. The highest BCUT2D eigenvalue weighted by Crippen LogP contribution is 2.35. The van der Waals surface area contributed by atoms with Crippen molar-refractivity contribution in [3.63, 3.8) is 0 Å². The number of rotatable bonds is 2. The molecule has 0 aliphatic heterocycles. The first-order valence-corrected chi connectivity index (χ1v) is 6.30. The highest BCUT2D eigenvalue weighted by atomic mass is 35.5. The zero-order valence-corrected chi connectivity index (χ0v) is 11.6. The van der Waals surface area contributed by atoms with Crippen molar-refractivity contribution in [2.75, 3.05) is 11.9 Å². The third-order valence-electron chi connectivity index (χ3n) is 2.89. The minimum absolute atomic E-state index is 0.520.